The molecular weight excluding hydrogens is 767 g/mol. The number of hydrogen-bond acceptors (Lipinski definition) is 11. The molecule has 0 fully saturated rings. The van der Waals surface area contributed by atoms with Crippen LogP contribution in [0.4, 0.5) is 28.4 Å². The average molecular weight is 840 g/mol. The van der Waals surface area contributed by atoms with Crippen LogP contribution in [0.1, 0.15) is 156 Å². The molecule has 0 aliphatic carbocycles. The summed E-state index contributed by atoms with van der Waals surface area (Å²) in [5, 5.41) is 17.8. The van der Waals surface area contributed by atoms with Gasteiger partial charge in [0.2, 0.25) is 0 Å². The number of benzene rings is 3. The largest absolute Gasteiger partial charge is 0.491 e. The Labute approximate surface area is 366 Å². The Morgan fingerprint density at radius 3 is 1.52 bits per heavy atom. The molecule has 3 aromatic rings. The van der Waals surface area contributed by atoms with Crippen LogP contribution in [0.25, 0.3) is 0 Å². The Bertz CT molecular complexity index is 1730. The number of Topliss-reactive ketones (excluding diaryl/α,β-unsaturated/α-hetero) is 2. The molecule has 3 rings (SSSR count). The monoisotopic (exact) mass is 840 g/mol. The summed E-state index contributed by atoms with van der Waals surface area (Å²) >= 11 is 0. The molecule has 0 heterocycles. The van der Waals surface area contributed by atoms with Gasteiger partial charge >= 0.3 is 5.97 Å². The Hall–Kier alpha value is -4.93. The number of carbonyl (C=O) groups excluding carboxylic acids is 3. The fraction of sp³-hybridized carbons (Fsp3) is 0.580. The summed E-state index contributed by atoms with van der Waals surface area (Å²) in [6.07, 6.45) is 22.3. The highest BCUT2D eigenvalue weighted by molar-refractivity contribution is 5.78. The summed E-state index contributed by atoms with van der Waals surface area (Å²) < 4.78 is 17.6. The van der Waals surface area contributed by atoms with Crippen molar-refractivity contribution in [1.29, 1.82) is 0 Å². The maximum Gasteiger partial charge on any atom is 0.305 e. The molecule has 61 heavy (non-hydrogen) atoms. The van der Waals surface area contributed by atoms with Crippen molar-refractivity contribution in [2.24, 2.45) is 20.5 Å². The molecule has 3 aromatic carbocycles. The van der Waals surface area contributed by atoms with Gasteiger partial charge in [0.25, 0.3) is 0 Å². The smallest absolute Gasteiger partial charge is 0.305 e. The number of anilines is 1. The minimum atomic E-state index is -0.128. The maximum atomic E-state index is 12.4. The number of rotatable bonds is 35. The van der Waals surface area contributed by atoms with Gasteiger partial charge in [0.1, 0.15) is 41.0 Å². The molecule has 334 valence electrons. The number of ketones is 2. The van der Waals surface area contributed by atoms with E-state index in [1.165, 1.54) is 96.8 Å². The first-order valence-corrected chi connectivity index (χ1v) is 23.2. The molecule has 0 saturated heterocycles. The lowest BCUT2D eigenvalue weighted by molar-refractivity contribution is -0.143. The van der Waals surface area contributed by atoms with E-state index in [-0.39, 0.29) is 43.6 Å². The molecule has 0 N–H and O–H groups in total. The van der Waals surface area contributed by atoms with Gasteiger partial charge in [0.15, 0.2) is 0 Å². The highest BCUT2D eigenvalue weighted by Gasteiger charge is 2.15. The van der Waals surface area contributed by atoms with E-state index in [1.54, 1.807) is 12.1 Å². The predicted octanol–water partition coefficient (Wildman–Crippen LogP) is 14.6. The third kappa shape index (κ3) is 22.5. The van der Waals surface area contributed by atoms with Gasteiger partial charge in [0, 0.05) is 50.0 Å². The number of ether oxygens (including phenoxy) is 3. The van der Waals surface area contributed by atoms with Crippen molar-refractivity contribution in [3.8, 4) is 11.5 Å². The molecule has 0 aliphatic rings. The summed E-state index contributed by atoms with van der Waals surface area (Å²) in [6.45, 7) is 9.65. The molecule has 0 bridgehead atoms. The van der Waals surface area contributed by atoms with E-state index in [0.717, 1.165) is 25.1 Å². The van der Waals surface area contributed by atoms with Gasteiger partial charge in [-0.25, -0.2) is 0 Å². The first-order chi connectivity index (χ1) is 29.8. The number of unbranched alkanes of at least 4 members (excludes halogenated alkanes) is 15. The first kappa shape index (κ1) is 50.4. The molecule has 0 amide bonds. The Balaban J connectivity index is 1.48. The summed E-state index contributed by atoms with van der Waals surface area (Å²) in [7, 11) is 0. The van der Waals surface area contributed by atoms with Crippen molar-refractivity contribution in [3.63, 3.8) is 0 Å². The Kier molecular flexibility index (Phi) is 26.4. The van der Waals surface area contributed by atoms with Crippen LogP contribution in [-0.2, 0) is 19.1 Å². The van der Waals surface area contributed by atoms with E-state index in [2.05, 4.69) is 39.2 Å². The van der Waals surface area contributed by atoms with E-state index >= 15 is 0 Å². The number of esters is 1. The van der Waals surface area contributed by atoms with Crippen LogP contribution in [0, 0.1) is 0 Å². The standard InChI is InChI=1S/C50H73N5O6/c1-5-8-9-10-11-12-13-14-15-16-17-18-19-20-21-25-28-50(58)61-38-35-55(7-3)44-31-29-43(30-32-44)52-54-47-39-48(59-36-33-41(4)56)46(53-51-42-26-23-22-24-27-42)40-49(47)60-37-34-45(57)6-2/h22-24,26-27,29-32,39-40H,5-21,25,28,33-38H2,1-4H3. The number of nitrogens with zero attached hydrogens (tertiary/aromatic N) is 5. The Morgan fingerprint density at radius 1 is 0.541 bits per heavy atom. The van der Waals surface area contributed by atoms with Crippen LogP contribution in [0.15, 0.2) is 87.2 Å². The summed E-state index contributed by atoms with van der Waals surface area (Å²) in [6, 6.07) is 20.3. The molecular formula is C50H73N5O6. The van der Waals surface area contributed by atoms with Gasteiger partial charge in [-0.1, -0.05) is 128 Å². The quantitative estimate of drug-likeness (QED) is 0.0327. The fourth-order valence-corrected chi connectivity index (χ4v) is 6.76. The van der Waals surface area contributed by atoms with E-state index in [1.807, 2.05) is 61.5 Å². The molecule has 11 nitrogen and oxygen atoms in total. The molecule has 0 unspecified atom stereocenters. The van der Waals surface area contributed by atoms with Crippen LogP contribution in [0.5, 0.6) is 11.5 Å². The minimum absolute atomic E-state index is 0.000224. The van der Waals surface area contributed by atoms with Gasteiger partial charge in [-0.05, 0) is 56.7 Å². The minimum Gasteiger partial charge on any atom is -0.491 e. The number of hydrogen-bond donors (Lipinski definition) is 0. The molecule has 0 atom stereocenters. The van der Waals surface area contributed by atoms with Gasteiger partial charge < -0.3 is 19.1 Å². The second-order valence-electron chi connectivity index (χ2n) is 15.7. The van der Waals surface area contributed by atoms with E-state index in [9.17, 15) is 14.4 Å². The first-order valence-electron chi connectivity index (χ1n) is 23.2. The molecule has 0 aromatic heterocycles. The topological polar surface area (TPSA) is 132 Å². The van der Waals surface area contributed by atoms with Crippen LogP contribution >= 0.6 is 0 Å². The normalized spacial score (nSPS) is 11.3. The zero-order valence-electron chi connectivity index (χ0n) is 37.7. The van der Waals surface area contributed by atoms with Crippen molar-refractivity contribution in [3.05, 3.63) is 66.7 Å². The molecule has 0 radical (unpaired) electrons. The van der Waals surface area contributed by atoms with E-state index in [0.29, 0.717) is 60.2 Å². The van der Waals surface area contributed by atoms with Crippen LogP contribution in [0.3, 0.4) is 0 Å². The molecule has 0 aliphatic heterocycles. The van der Waals surface area contributed by atoms with Gasteiger partial charge in [-0.2, -0.15) is 10.2 Å². The van der Waals surface area contributed by atoms with Crippen LogP contribution in [0.2, 0.25) is 0 Å². The lowest BCUT2D eigenvalue weighted by Crippen LogP contribution is -2.27. The highest BCUT2D eigenvalue weighted by atomic mass is 16.5. The highest BCUT2D eigenvalue weighted by Crippen LogP contribution is 2.41. The number of carbonyl (C=O) groups is 3. The van der Waals surface area contributed by atoms with E-state index < -0.39 is 0 Å². The van der Waals surface area contributed by atoms with Crippen molar-refractivity contribution < 1.29 is 28.6 Å². The zero-order chi connectivity index (χ0) is 43.8. The third-order valence-electron chi connectivity index (χ3n) is 10.5. The van der Waals surface area contributed by atoms with Crippen molar-refractivity contribution in [2.45, 2.75) is 156 Å². The SMILES string of the molecule is CCCCCCCCCCCCCCCCCCC(=O)OCCN(CC)c1ccc(N=Nc2cc(OCCC(C)=O)c(N=Nc3ccccc3)cc2OCCC(=O)CC)cc1. The van der Waals surface area contributed by atoms with Crippen LogP contribution in [-0.4, -0.2) is 50.4 Å². The fourth-order valence-electron chi connectivity index (χ4n) is 6.76. The molecule has 0 spiro atoms. The zero-order valence-corrected chi connectivity index (χ0v) is 37.7. The Morgan fingerprint density at radius 2 is 1.03 bits per heavy atom. The van der Waals surface area contributed by atoms with Crippen LogP contribution < -0.4 is 14.4 Å². The molecule has 11 heteroatoms. The average Bonchev–Trinajstić information content (AvgIpc) is 3.27. The van der Waals surface area contributed by atoms with Gasteiger partial charge in [-0.3, -0.25) is 14.4 Å². The lowest BCUT2D eigenvalue weighted by atomic mass is 10.0. The lowest BCUT2D eigenvalue weighted by Gasteiger charge is -2.23. The maximum absolute atomic E-state index is 12.4. The third-order valence-corrected chi connectivity index (χ3v) is 10.5. The number of azo groups is 2. The second kappa shape index (κ2) is 31.9. The summed E-state index contributed by atoms with van der Waals surface area (Å²) in [5.41, 5.74) is 3.02. The van der Waals surface area contributed by atoms with Crippen molar-refractivity contribution in [1.82, 2.24) is 0 Å². The van der Waals surface area contributed by atoms with Crippen molar-refractivity contribution >= 4 is 46.0 Å². The van der Waals surface area contributed by atoms with Gasteiger partial charge in [-0.15, -0.1) is 10.2 Å². The second-order valence-corrected chi connectivity index (χ2v) is 15.7. The summed E-state index contributed by atoms with van der Waals surface area (Å²) in [4.78, 5) is 38.3. The predicted molar refractivity (Wildman–Crippen MR) is 247 cm³/mol. The van der Waals surface area contributed by atoms with Crippen molar-refractivity contribution in [2.75, 3.05) is 37.8 Å². The van der Waals surface area contributed by atoms with E-state index in [4.69, 9.17) is 14.2 Å². The van der Waals surface area contributed by atoms with Gasteiger partial charge in [0.05, 0.1) is 31.1 Å². The molecule has 0 saturated carbocycles. The number of likely N-dealkylation sites (N-methyl/N-ethyl adjacent to an activating group) is 1. The summed E-state index contributed by atoms with van der Waals surface area (Å²) in [5.74, 6) is 0.691.